The molecule has 0 bridgehead atoms. The fraction of sp³-hybridized carbons (Fsp3) is 0.300. The van der Waals surface area contributed by atoms with Crippen LogP contribution in [0.2, 0.25) is 0 Å². The van der Waals surface area contributed by atoms with Gasteiger partial charge in [0.1, 0.15) is 5.75 Å². The number of hydrogen-bond acceptors (Lipinski definition) is 3. The molecule has 0 fully saturated rings. The number of hydrogen-bond donors (Lipinski definition) is 0. The quantitative estimate of drug-likeness (QED) is 0.650. The summed E-state index contributed by atoms with van der Waals surface area (Å²) in [5.74, 6) is 1.03. The van der Waals surface area contributed by atoms with Gasteiger partial charge in [-0.05, 0) is 70.8 Å². The largest absolute Gasteiger partial charge is 0.497 e. The van der Waals surface area contributed by atoms with E-state index in [2.05, 4.69) is 52.9 Å². The molecule has 0 unspecified atom stereocenters. The molecule has 2 atom stereocenters. The van der Waals surface area contributed by atoms with Crippen LogP contribution in [0.15, 0.2) is 47.6 Å². The van der Waals surface area contributed by atoms with Crippen LogP contribution in [0.4, 0.5) is 0 Å². The highest BCUT2D eigenvalue weighted by Crippen LogP contribution is 2.44. The van der Waals surface area contributed by atoms with Gasteiger partial charge in [0.25, 0.3) is 0 Å². The van der Waals surface area contributed by atoms with Crippen LogP contribution < -0.4 is 4.74 Å². The summed E-state index contributed by atoms with van der Waals surface area (Å²) in [6.07, 6.45) is 1.99. The summed E-state index contributed by atoms with van der Waals surface area (Å²) in [7, 11) is 1.68. The Labute approximate surface area is 161 Å². The molecule has 25 heavy (non-hydrogen) atoms. The van der Waals surface area contributed by atoms with Gasteiger partial charge in [-0.3, -0.25) is 4.79 Å². The van der Waals surface area contributed by atoms with Crippen LogP contribution >= 0.6 is 22.6 Å². The van der Waals surface area contributed by atoms with E-state index in [1.807, 2.05) is 12.1 Å². The smallest absolute Gasteiger partial charge is 0.240 e. The summed E-state index contributed by atoms with van der Waals surface area (Å²) < 4.78 is 6.56. The van der Waals surface area contributed by atoms with E-state index in [9.17, 15) is 4.79 Å². The first-order chi connectivity index (χ1) is 12.1. The van der Waals surface area contributed by atoms with Gasteiger partial charge in [0.15, 0.2) is 0 Å². The topological polar surface area (TPSA) is 41.9 Å². The second-order valence-corrected chi connectivity index (χ2v) is 7.76. The molecule has 128 valence electrons. The molecule has 0 saturated heterocycles. The number of carbonyl (C=O) groups excluding carboxylic acids is 1. The normalized spacial score (nSPS) is 21.4. The van der Waals surface area contributed by atoms with Crippen molar-refractivity contribution in [3.8, 4) is 5.75 Å². The number of hydrazone groups is 1. The average molecular weight is 446 g/mol. The molecule has 2 aromatic rings. The minimum Gasteiger partial charge on any atom is -0.497 e. The van der Waals surface area contributed by atoms with Crippen molar-refractivity contribution < 1.29 is 9.53 Å². The first-order valence-electron chi connectivity index (χ1n) is 8.39. The van der Waals surface area contributed by atoms with Crippen molar-refractivity contribution in [2.45, 2.75) is 25.8 Å². The highest BCUT2D eigenvalue weighted by atomic mass is 127. The molecule has 0 radical (unpaired) electrons. The van der Waals surface area contributed by atoms with Crippen LogP contribution in [0, 0.1) is 9.49 Å². The second kappa shape index (κ2) is 6.44. The Morgan fingerprint density at radius 3 is 2.84 bits per heavy atom. The molecule has 1 heterocycles. The van der Waals surface area contributed by atoms with Gasteiger partial charge in [-0.1, -0.05) is 18.2 Å². The maximum absolute atomic E-state index is 12.3. The van der Waals surface area contributed by atoms with Crippen molar-refractivity contribution in [3.63, 3.8) is 0 Å². The third-order valence-corrected chi connectivity index (χ3v) is 5.71. The number of nitrogens with zero attached hydrogens (tertiary/aromatic N) is 2. The van der Waals surface area contributed by atoms with Crippen LogP contribution in [0.3, 0.4) is 0 Å². The zero-order valence-corrected chi connectivity index (χ0v) is 16.4. The number of rotatable bonds is 2. The van der Waals surface area contributed by atoms with E-state index in [0.717, 1.165) is 35.4 Å². The third-order valence-electron chi connectivity index (χ3n) is 5.04. The number of benzene rings is 2. The van der Waals surface area contributed by atoms with Gasteiger partial charge in [-0.15, -0.1) is 0 Å². The second-order valence-electron chi connectivity index (χ2n) is 6.52. The van der Waals surface area contributed by atoms with E-state index in [0.29, 0.717) is 0 Å². The Bertz CT molecular complexity index is 878. The summed E-state index contributed by atoms with van der Waals surface area (Å²) in [4.78, 5) is 12.3. The fourth-order valence-electron chi connectivity index (χ4n) is 3.90. The highest BCUT2D eigenvalue weighted by Gasteiger charge is 2.43. The van der Waals surface area contributed by atoms with E-state index in [4.69, 9.17) is 9.84 Å². The van der Waals surface area contributed by atoms with Crippen molar-refractivity contribution in [2.24, 2.45) is 11.0 Å². The standard InChI is InChI=1S/C20H19IN2O2/c1-12(24)23-20(14-4-3-5-15(21)10-14)17-9-7-13-6-8-16(25-2)11-18(13)19(17)22-23/h3-6,8,10-11,17,20H,7,9H2,1-2H3/t17-,20-/m1/s1. The number of carbonyl (C=O) groups is 1. The average Bonchev–Trinajstić information content (AvgIpc) is 3.01. The number of aryl methyl sites for hydroxylation is 1. The van der Waals surface area contributed by atoms with E-state index < -0.39 is 0 Å². The summed E-state index contributed by atoms with van der Waals surface area (Å²) in [6, 6.07) is 14.5. The number of methoxy groups -OCH3 is 1. The zero-order chi connectivity index (χ0) is 17.6. The van der Waals surface area contributed by atoms with Crippen molar-refractivity contribution in [1.29, 1.82) is 0 Å². The van der Waals surface area contributed by atoms with Gasteiger partial charge < -0.3 is 4.74 Å². The van der Waals surface area contributed by atoms with Crippen molar-refractivity contribution in [2.75, 3.05) is 7.11 Å². The molecule has 5 heteroatoms. The Balaban J connectivity index is 1.82. The lowest BCUT2D eigenvalue weighted by Gasteiger charge is -2.29. The van der Waals surface area contributed by atoms with Gasteiger partial charge in [-0.25, -0.2) is 5.01 Å². The van der Waals surface area contributed by atoms with E-state index in [-0.39, 0.29) is 17.9 Å². The summed E-state index contributed by atoms with van der Waals surface area (Å²) in [5.41, 5.74) is 4.56. The number of amides is 1. The van der Waals surface area contributed by atoms with Gasteiger partial charge in [-0.2, -0.15) is 5.10 Å². The van der Waals surface area contributed by atoms with Gasteiger partial charge in [0.2, 0.25) is 5.91 Å². The molecular weight excluding hydrogens is 427 g/mol. The fourth-order valence-corrected chi connectivity index (χ4v) is 4.47. The number of ether oxygens (including phenoxy) is 1. The third kappa shape index (κ3) is 2.84. The predicted molar refractivity (Wildman–Crippen MR) is 106 cm³/mol. The zero-order valence-electron chi connectivity index (χ0n) is 14.2. The van der Waals surface area contributed by atoms with Crippen molar-refractivity contribution >= 4 is 34.2 Å². The number of halogens is 1. The summed E-state index contributed by atoms with van der Waals surface area (Å²) in [5, 5.41) is 6.42. The molecule has 0 spiro atoms. The molecule has 0 N–H and O–H groups in total. The van der Waals surface area contributed by atoms with Gasteiger partial charge in [0.05, 0.1) is 18.9 Å². The molecule has 4 nitrogen and oxygen atoms in total. The molecule has 0 saturated carbocycles. The molecule has 1 aliphatic carbocycles. The summed E-state index contributed by atoms with van der Waals surface area (Å²) in [6.45, 7) is 1.59. The lowest BCUT2D eigenvalue weighted by Crippen LogP contribution is -2.31. The van der Waals surface area contributed by atoms with Crippen LogP contribution in [0.5, 0.6) is 5.75 Å². The van der Waals surface area contributed by atoms with Crippen LogP contribution in [0.25, 0.3) is 0 Å². The highest BCUT2D eigenvalue weighted by molar-refractivity contribution is 14.1. The molecule has 2 aliphatic rings. The molecule has 2 aromatic carbocycles. The van der Waals surface area contributed by atoms with Crippen LogP contribution in [-0.4, -0.2) is 23.7 Å². The Hall–Kier alpha value is -1.89. The van der Waals surface area contributed by atoms with E-state index in [1.165, 1.54) is 9.13 Å². The number of fused-ring (bicyclic) bond motifs is 3. The monoisotopic (exact) mass is 446 g/mol. The summed E-state index contributed by atoms with van der Waals surface area (Å²) >= 11 is 2.32. The maximum atomic E-state index is 12.3. The maximum Gasteiger partial charge on any atom is 0.240 e. The Morgan fingerprint density at radius 2 is 2.12 bits per heavy atom. The van der Waals surface area contributed by atoms with Crippen LogP contribution in [-0.2, 0) is 11.2 Å². The lowest BCUT2D eigenvalue weighted by atomic mass is 9.77. The molecule has 1 amide bonds. The van der Waals surface area contributed by atoms with E-state index >= 15 is 0 Å². The van der Waals surface area contributed by atoms with Crippen molar-refractivity contribution in [1.82, 2.24) is 5.01 Å². The lowest BCUT2D eigenvalue weighted by molar-refractivity contribution is -0.131. The minimum absolute atomic E-state index is 0.0183. The van der Waals surface area contributed by atoms with Crippen LogP contribution in [0.1, 0.15) is 36.1 Å². The van der Waals surface area contributed by atoms with Gasteiger partial charge >= 0.3 is 0 Å². The predicted octanol–water partition coefficient (Wildman–Crippen LogP) is 4.17. The first-order valence-corrected chi connectivity index (χ1v) is 9.47. The molecule has 0 aromatic heterocycles. The first kappa shape index (κ1) is 16.6. The SMILES string of the molecule is COc1ccc2c(c1)C1=NN(C(C)=O)[C@H](c3cccc(I)c3)[C@@H]1CC2. The Morgan fingerprint density at radius 1 is 1.28 bits per heavy atom. The van der Waals surface area contributed by atoms with Crippen molar-refractivity contribution in [3.05, 3.63) is 62.7 Å². The Kier molecular flexibility index (Phi) is 4.27. The van der Waals surface area contributed by atoms with Gasteiger partial charge in [0, 0.05) is 22.0 Å². The molecular formula is C20H19IN2O2. The molecule has 1 aliphatic heterocycles. The minimum atomic E-state index is -0.0263. The van der Waals surface area contributed by atoms with E-state index in [1.54, 1.807) is 19.0 Å². The molecule has 4 rings (SSSR count).